The van der Waals surface area contributed by atoms with Crippen molar-refractivity contribution < 1.29 is 14.3 Å². The van der Waals surface area contributed by atoms with Crippen molar-refractivity contribution in [2.24, 2.45) is 0 Å². The second-order valence-electron chi connectivity index (χ2n) is 3.18. The molecule has 0 saturated heterocycles. The average molecular weight is 189 g/mol. The topological polar surface area (TPSA) is 47.6 Å². The highest BCUT2D eigenvalue weighted by Crippen LogP contribution is 1.97. The minimum Gasteiger partial charge on any atom is -0.468 e. The van der Waals surface area contributed by atoms with E-state index < -0.39 is 0 Å². The Morgan fingerprint density at radius 2 is 2.00 bits per heavy atom. The monoisotopic (exact) mass is 189 g/mol. The summed E-state index contributed by atoms with van der Waals surface area (Å²) in [5.74, 6) is -0.231. The first-order valence-corrected chi connectivity index (χ1v) is 4.44. The lowest BCUT2D eigenvalue weighted by atomic mass is 10.2. The Labute approximate surface area is 79.6 Å². The molecule has 1 unspecified atom stereocenters. The first kappa shape index (κ1) is 12.4. The molecule has 0 heterocycles. The van der Waals surface area contributed by atoms with Crippen LogP contribution in [0, 0.1) is 0 Å². The van der Waals surface area contributed by atoms with Gasteiger partial charge in [0.05, 0.1) is 7.11 Å². The van der Waals surface area contributed by atoms with Crippen molar-refractivity contribution in [2.75, 3.05) is 20.8 Å². The summed E-state index contributed by atoms with van der Waals surface area (Å²) in [6, 6.07) is 0.00547. The number of rotatable bonds is 6. The highest BCUT2D eigenvalue weighted by Gasteiger charge is 2.18. The summed E-state index contributed by atoms with van der Waals surface area (Å²) < 4.78 is 9.55. The van der Waals surface area contributed by atoms with Gasteiger partial charge in [-0.15, -0.1) is 0 Å². The predicted octanol–water partition coefficient (Wildman–Crippen LogP) is 0.562. The van der Waals surface area contributed by atoms with Crippen molar-refractivity contribution in [3.05, 3.63) is 0 Å². The van der Waals surface area contributed by atoms with Crippen LogP contribution in [0.5, 0.6) is 0 Å². The summed E-state index contributed by atoms with van der Waals surface area (Å²) in [7, 11) is 3.01. The van der Waals surface area contributed by atoms with Gasteiger partial charge in [-0.25, -0.2) is 0 Å². The van der Waals surface area contributed by atoms with Crippen LogP contribution in [-0.4, -0.2) is 38.9 Å². The summed E-state index contributed by atoms with van der Waals surface area (Å²) in [6.45, 7) is 4.53. The molecule has 0 spiro atoms. The van der Waals surface area contributed by atoms with Crippen LogP contribution in [0.1, 0.15) is 20.3 Å². The number of carbonyl (C=O) groups excluding carboxylic acids is 1. The third-order valence-corrected chi connectivity index (χ3v) is 1.63. The van der Waals surface area contributed by atoms with Gasteiger partial charge in [0.1, 0.15) is 6.04 Å². The summed E-state index contributed by atoms with van der Waals surface area (Å²) in [5.41, 5.74) is 0. The van der Waals surface area contributed by atoms with E-state index in [9.17, 15) is 4.79 Å². The second-order valence-corrected chi connectivity index (χ2v) is 3.18. The van der Waals surface area contributed by atoms with Gasteiger partial charge in [-0.05, 0) is 6.42 Å². The van der Waals surface area contributed by atoms with E-state index in [1.54, 1.807) is 7.11 Å². The van der Waals surface area contributed by atoms with E-state index in [0.29, 0.717) is 13.0 Å². The van der Waals surface area contributed by atoms with Gasteiger partial charge < -0.3 is 14.8 Å². The van der Waals surface area contributed by atoms with Gasteiger partial charge in [-0.3, -0.25) is 4.79 Å². The molecule has 78 valence electrons. The van der Waals surface area contributed by atoms with Crippen LogP contribution >= 0.6 is 0 Å². The largest absolute Gasteiger partial charge is 0.468 e. The van der Waals surface area contributed by atoms with Gasteiger partial charge in [-0.1, -0.05) is 13.8 Å². The molecule has 0 aromatic carbocycles. The number of ether oxygens (including phenoxy) is 2. The number of nitrogens with one attached hydrogen (secondary N) is 1. The minimum absolute atomic E-state index is 0.231. The first-order chi connectivity index (χ1) is 6.11. The maximum absolute atomic E-state index is 11.2. The molecule has 1 atom stereocenters. The Balaban J connectivity index is 3.94. The molecule has 0 amide bonds. The highest BCUT2D eigenvalue weighted by atomic mass is 16.5. The van der Waals surface area contributed by atoms with E-state index in [2.05, 4.69) is 10.1 Å². The summed E-state index contributed by atoms with van der Waals surface area (Å²) in [5, 5.41) is 3.11. The van der Waals surface area contributed by atoms with E-state index in [1.807, 2.05) is 13.8 Å². The SMILES string of the molecule is COCCC(NC(C)C)C(=O)OC. The van der Waals surface area contributed by atoms with E-state index in [1.165, 1.54) is 7.11 Å². The average Bonchev–Trinajstić information content (AvgIpc) is 2.10. The van der Waals surface area contributed by atoms with Crippen LogP contribution in [0.3, 0.4) is 0 Å². The standard InChI is InChI=1S/C9H19NO3/c1-7(2)10-8(5-6-12-3)9(11)13-4/h7-8,10H,5-6H2,1-4H3. The molecule has 1 N–H and O–H groups in total. The maximum atomic E-state index is 11.2. The number of carbonyl (C=O) groups is 1. The van der Waals surface area contributed by atoms with Gasteiger partial charge in [0, 0.05) is 19.8 Å². The molecule has 0 aliphatic carbocycles. The van der Waals surface area contributed by atoms with Crippen LogP contribution in [0.2, 0.25) is 0 Å². The Bertz CT molecular complexity index is 148. The molecule has 13 heavy (non-hydrogen) atoms. The lowest BCUT2D eigenvalue weighted by Crippen LogP contribution is -2.42. The van der Waals surface area contributed by atoms with Crippen molar-refractivity contribution >= 4 is 5.97 Å². The van der Waals surface area contributed by atoms with Gasteiger partial charge in [-0.2, -0.15) is 0 Å². The maximum Gasteiger partial charge on any atom is 0.322 e. The quantitative estimate of drug-likeness (QED) is 0.620. The zero-order valence-electron chi connectivity index (χ0n) is 8.79. The Morgan fingerprint density at radius 1 is 1.38 bits per heavy atom. The Hall–Kier alpha value is -0.610. The molecule has 0 aromatic heterocycles. The van der Waals surface area contributed by atoms with Gasteiger partial charge >= 0.3 is 5.97 Å². The molecular weight excluding hydrogens is 170 g/mol. The molecule has 0 aromatic rings. The molecule has 0 fully saturated rings. The third kappa shape index (κ3) is 5.60. The predicted molar refractivity (Wildman–Crippen MR) is 50.6 cm³/mol. The van der Waals surface area contributed by atoms with Crippen molar-refractivity contribution in [2.45, 2.75) is 32.4 Å². The number of hydrogen-bond acceptors (Lipinski definition) is 4. The number of hydrogen-bond donors (Lipinski definition) is 1. The van der Waals surface area contributed by atoms with Crippen molar-refractivity contribution in [1.29, 1.82) is 0 Å². The van der Waals surface area contributed by atoms with Crippen LogP contribution < -0.4 is 5.32 Å². The summed E-state index contributed by atoms with van der Waals surface area (Å²) >= 11 is 0. The zero-order chi connectivity index (χ0) is 10.3. The summed E-state index contributed by atoms with van der Waals surface area (Å²) in [4.78, 5) is 11.2. The Kier molecular flexibility index (Phi) is 6.54. The Morgan fingerprint density at radius 3 is 2.38 bits per heavy atom. The molecule has 4 heteroatoms. The lowest BCUT2D eigenvalue weighted by molar-refractivity contribution is -0.143. The van der Waals surface area contributed by atoms with E-state index in [0.717, 1.165) is 0 Å². The third-order valence-electron chi connectivity index (χ3n) is 1.63. The molecule has 0 rings (SSSR count). The normalized spacial score (nSPS) is 13.0. The molecular formula is C9H19NO3. The van der Waals surface area contributed by atoms with Crippen molar-refractivity contribution in [3.8, 4) is 0 Å². The van der Waals surface area contributed by atoms with Crippen LogP contribution in [0.25, 0.3) is 0 Å². The van der Waals surface area contributed by atoms with Crippen LogP contribution in [-0.2, 0) is 14.3 Å². The highest BCUT2D eigenvalue weighted by molar-refractivity contribution is 5.75. The van der Waals surface area contributed by atoms with Crippen molar-refractivity contribution in [1.82, 2.24) is 5.32 Å². The zero-order valence-corrected chi connectivity index (χ0v) is 8.79. The number of esters is 1. The minimum atomic E-state index is -0.259. The summed E-state index contributed by atoms with van der Waals surface area (Å²) in [6.07, 6.45) is 0.640. The van der Waals surface area contributed by atoms with E-state index in [4.69, 9.17) is 4.74 Å². The molecule has 0 aliphatic rings. The molecule has 0 aliphatic heterocycles. The van der Waals surface area contributed by atoms with Crippen LogP contribution in [0.15, 0.2) is 0 Å². The molecule has 0 radical (unpaired) electrons. The molecule has 0 saturated carbocycles. The fourth-order valence-corrected chi connectivity index (χ4v) is 1.05. The first-order valence-electron chi connectivity index (χ1n) is 4.44. The van der Waals surface area contributed by atoms with Gasteiger partial charge in [0.15, 0.2) is 0 Å². The number of methoxy groups -OCH3 is 2. The smallest absolute Gasteiger partial charge is 0.322 e. The molecule has 4 nitrogen and oxygen atoms in total. The fourth-order valence-electron chi connectivity index (χ4n) is 1.05. The molecule has 0 bridgehead atoms. The fraction of sp³-hybridized carbons (Fsp3) is 0.889. The van der Waals surface area contributed by atoms with E-state index in [-0.39, 0.29) is 18.1 Å². The second kappa shape index (κ2) is 6.86. The van der Waals surface area contributed by atoms with Crippen LogP contribution in [0.4, 0.5) is 0 Å². The van der Waals surface area contributed by atoms with Gasteiger partial charge in [0.25, 0.3) is 0 Å². The van der Waals surface area contributed by atoms with Gasteiger partial charge in [0.2, 0.25) is 0 Å². The lowest BCUT2D eigenvalue weighted by Gasteiger charge is -2.18. The van der Waals surface area contributed by atoms with Crippen molar-refractivity contribution in [3.63, 3.8) is 0 Å². The van der Waals surface area contributed by atoms with E-state index >= 15 is 0 Å².